The maximum absolute atomic E-state index is 12.7. The van der Waals surface area contributed by atoms with Crippen molar-refractivity contribution in [2.45, 2.75) is 65.1 Å². The van der Waals surface area contributed by atoms with Crippen LogP contribution < -0.4 is 4.74 Å². The van der Waals surface area contributed by atoms with Gasteiger partial charge in [0.25, 0.3) is 6.47 Å². The van der Waals surface area contributed by atoms with Gasteiger partial charge >= 0.3 is 5.97 Å². The number of carboxylic acids is 1. The van der Waals surface area contributed by atoms with Crippen LogP contribution in [0.4, 0.5) is 0 Å². The lowest BCUT2D eigenvalue weighted by Gasteiger charge is -2.34. The number of ether oxygens (including phenoxy) is 1. The van der Waals surface area contributed by atoms with Gasteiger partial charge in [-0.3, -0.25) is 14.5 Å². The van der Waals surface area contributed by atoms with Gasteiger partial charge in [-0.1, -0.05) is 35.5 Å². The molecule has 220 valence electrons. The summed E-state index contributed by atoms with van der Waals surface area (Å²) in [6.45, 7) is 9.09. The standard InChI is InChI=1S/C31H35N5O3.CH2O2/c1-18-16-36(17-22-7-6-14-32-29(22)39-18)25-12-10-20-8-9-21(15-24(20)25)27(31(3,4)30(37)38)23-11-13-26-28(19(23)2)33-34-35(26)5;2-1-3/h6-9,11,13-15,18,25,27H,10,12,16-17H2,1-5H3,(H,37,38);1H,(H,2,3)/t18-,25?,27?;/m1./s1. The molecule has 2 unspecified atom stereocenters. The second-order valence-electron chi connectivity index (χ2n) is 11.8. The number of aromatic nitrogens is 4. The second-order valence-corrected chi connectivity index (χ2v) is 11.8. The molecule has 4 aromatic rings. The van der Waals surface area contributed by atoms with Gasteiger partial charge in [0.2, 0.25) is 5.88 Å². The van der Waals surface area contributed by atoms with E-state index < -0.39 is 11.4 Å². The molecule has 0 radical (unpaired) electrons. The predicted octanol–water partition coefficient (Wildman–Crippen LogP) is 4.89. The molecular formula is C32H37N5O5. The van der Waals surface area contributed by atoms with Gasteiger partial charge in [0.05, 0.1) is 10.9 Å². The highest BCUT2D eigenvalue weighted by atomic mass is 16.5. The molecule has 0 saturated carbocycles. The van der Waals surface area contributed by atoms with E-state index in [1.807, 2.05) is 40.0 Å². The van der Waals surface area contributed by atoms with E-state index in [1.54, 1.807) is 10.9 Å². The summed E-state index contributed by atoms with van der Waals surface area (Å²) < 4.78 is 7.90. The molecule has 6 rings (SSSR count). The smallest absolute Gasteiger partial charge is 0.310 e. The molecule has 1 aliphatic heterocycles. The fourth-order valence-electron chi connectivity index (χ4n) is 6.56. The first kappa shape index (κ1) is 29.2. The summed E-state index contributed by atoms with van der Waals surface area (Å²) in [6, 6.07) is 14.9. The van der Waals surface area contributed by atoms with Crippen molar-refractivity contribution in [1.82, 2.24) is 24.9 Å². The van der Waals surface area contributed by atoms with E-state index >= 15 is 0 Å². The average molecular weight is 572 g/mol. The summed E-state index contributed by atoms with van der Waals surface area (Å²) in [6.07, 6.45) is 3.83. The van der Waals surface area contributed by atoms with Crippen molar-refractivity contribution in [3.05, 3.63) is 82.0 Å². The normalized spacial score (nSPS) is 19.1. The lowest BCUT2D eigenvalue weighted by Crippen LogP contribution is -2.34. The van der Waals surface area contributed by atoms with Crippen LogP contribution in [0.3, 0.4) is 0 Å². The highest BCUT2D eigenvalue weighted by Crippen LogP contribution is 2.46. The van der Waals surface area contributed by atoms with E-state index in [-0.39, 0.29) is 24.5 Å². The van der Waals surface area contributed by atoms with E-state index in [0.29, 0.717) is 0 Å². The zero-order valence-corrected chi connectivity index (χ0v) is 24.6. The van der Waals surface area contributed by atoms with Crippen molar-refractivity contribution < 1.29 is 24.5 Å². The second kappa shape index (κ2) is 11.5. The monoisotopic (exact) mass is 571 g/mol. The molecule has 3 heterocycles. The maximum Gasteiger partial charge on any atom is 0.310 e. The molecule has 42 heavy (non-hydrogen) atoms. The summed E-state index contributed by atoms with van der Waals surface area (Å²) in [4.78, 5) is 28.0. The first-order chi connectivity index (χ1) is 20.1. The third-order valence-corrected chi connectivity index (χ3v) is 8.68. The number of aliphatic carboxylic acids is 1. The lowest BCUT2D eigenvalue weighted by molar-refractivity contribution is -0.147. The zero-order chi connectivity index (χ0) is 30.2. The minimum absolute atomic E-state index is 0.0217. The Morgan fingerprint density at radius 1 is 1.19 bits per heavy atom. The Hall–Kier alpha value is -4.31. The molecular weight excluding hydrogens is 534 g/mol. The highest BCUT2D eigenvalue weighted by Gasteiger charge is 2.41. The van der Waals surface area contributed by atoms with Gasteiger partial charge in [0.15, 0.2) is 0 Å². The fourth-order valence-corrected chi connectivity index (χ4v) is 6.56. The van der Waals surface area contributed by atoms with E-state index in [0.717, 1.165) is 65.1 Å². The van der Waals surface area contributed by atoms with Crippen molar-refractivity contribution >= 4 is 23.5 Å². The lowest BCUT2D eigenvalue weighted by atomic mass is 9.69. The molecule has 0 bridgehead atoms. The van der Waals surface area contributed by atoms with Crippen LogP contribution in [-0.2, 0) is 29.6 Å². The van der Waals surface area contributed by atoms with Crippen LogP contribution in [-0.4, -0.2) is 60.2 Å². The quantitative estimate of drug-likeness (QED) is 0.322. The van der Waals surface area contributed by atoms with Crippen molar-refractivity contribution in [2.75, 3.05) is 6.54 Å². The van der Waals surface area contributed by atoms with Crippen LogP contribution in [0.1, 0.15) is 72.5 Å². The summed E-state index contributed by atoms with van der Waals surface area (Å²) >= 11 is 0. The first-order valence-electron chi connectivity index (χ1n) is 14.1. The largest absolute Gasteiger partial charge is 0.483 e. The van der Waals surface area contributed by atoms with E-state index in [9.17, 15) is 9.90 Å². The van der Waals surface area contributed by atoms with Crippen LogP contribution in [0.15, 0.2) is 48.7 Å². The molecule has 1 aliphatic carbocycles. The van der Waals surface area contributed by atoms with Gasteiger partial charge in [-0.15, -0.1) is 5.10 Å². The number of carbonyl (C=O) groups is 2. The molecule has 10 nitrogen and oxygen atoms in total. The van der Waals surface area contributed by atoms with Gasteiger partial charge in [0.1, 0.15) is 11.6 Å². The van der Waals surface area contributed by atoms with Crippen LogP contribution in [0.25, 0.3) is 11.0 Å². The van der Waals surface area contributed by atoms with Crippen LogP contribution in [0.5, 0.6) is 5.88 Å². The minimum Gasteiger partial charge on any atom is -0.483 e. The average Bonchev–Trinajstić information content (AvgIpc) is 3.49. The summed E-state index contributed by atoms with van der Waals surface area (Å²) in [5, 5.41) is 25.9. The number of hydrogen-bond acceptors (Lipinski definition) is 7. The van der Waals surface area contributed by atoms with Gasteiger partial charge in [0, 0.05) is 43.9 Å². The number of carboxylic acid groups (broad SMARTS) is 2. The van der Waals surface area contributed by atoms with Crippen molar-refractivity contribution in [2.24, 2.45) is 12.5 Å². The zero-order valence-electron chi connectivity index (χ0n) is 24.6. The van der Waals surface area contributed by atoms with E-state index in [4.69, 9.17) is 14.6 Å². The van der Waals surface area contributed by atoms with E-state index in [2.05, 4.69) is 57.5 Å². The molecule has 0 saturated heterocycles. The van der Waals surface area contributed by atoms with Crippen LogP contribution in [0.2, 0.25) is 0 Å². The number of benzene rings is 2. The molecule has 0 amide bonds. The molecule has 0 fully saturated rings. The third-order valence-electron chi connectivity index (χ3n) is 8.68. The summed E-state index contributed by atoms with van der Waals surface area (Å²) in [5.41, 5.74) is 7.39. The van der Waals surface area contributed by atoms with Gasteiger partial charge < -0.3 is 14.9 Å². The minimum atomic E-state index is -1.04. The van der Waals surface area contributed by atoms with Gasteiger partial charge in [-0.2, -0.15) is 0 Å². The van der Waals surface area contributed by atoms with Gasteiger partial charge in [-0.25, -0.2) is 9.67 Å². The van der Waals surface area contributed by atoms with Gasteiger partial charge in [-0.05, 0) is 80.5 Å². The van der Waals surface area contributed by atoms with Crippen molar-refractivity contribution in [1.29, 1.82) is 0 Å². The first-order valence-corrected chi connectivity index (χ1v) is 14.1. The number of hydrogen-bond donors (Lipinski definition) is 2. The maximum atomic E-state index is 12.7. The Morgan fingerprint density at radius 2 is 1.95 bits per heavy atom. The Bertz CT molecular complexity index is 1630. The summed E-state index contributed by atoms with van der Waals surface area (Å²) in [5.74, 6) is -0.465. The number of fused-ring (bicyclic) bond motifs is 3. The molecule has 2 aliphatic rings. The molecule has 3 atom stereocenters. The number of aryl methyl sites for hydroxylation is 3. The predicted molar refractivity (Wildman–Crippen MR) is 157 cm³/mol. The Labute approximate surface area is 244 Å². The molecule has 0 spiro atoms. The fraction of sp³-hybridized carbons (Fsp3) is 0.406. The van der Waals surface area contributed by atoms with Crippen LogP contribution in [0, 0.1) is 12.3 Å². The SMILES string of the molecule is Cc1c(C(c2ccc3c(c2)C(N2Cc4cccnc4O[C@H](C)C2)CC3)C(C)(C)C(=O)O)ccc2c1nnn2C.O=CO. The highest BCUT2D eigenvalue weighted by molar-refractivity contribution is 5.81. The third kappa shape index (κ3) is 5.22. The number of nitrogens with zero attached hydrogens (tertiary/aromatic N) is 5. The molecule has 10 heteroatoms. The van der Waals surface area contributed by atoms with Crippen LogP contribution >= 0.6 is 0 Å². The molecule has 2 N–H and O–H groups in total. The van der Waals surface area contributed by atoms with E-state index in [1.165, 1.54) is 11.1 Å². The van der Waals surface area contributed by atoms with Crippen molar-refractivity contribution in [3.63, 3.8) is 0 Å². The topological polar surface area (TPSA) is 131 Å². The molecule has 2 aromatic carbocycles. The Balaban J connectivity index is 0.00000113. The number of rotatable bonds is 5. The Morgan fingerprint density at radius 3 is 2.69 bits per heavy atom. The van der Waals surface area contributed by atoms with Crippen molar-refractivity contribution in [3.8, 4) is 5.88 Å². The summed E-state index contributed by atoms with van der Waals surface area (Å²) in [7, 11) is 1.87. The number of pyridine rings is 1. The molecule has 2 aromatic heterocycles. The Kier molecular flexibility index (Phi) is 8.01.